The molecule has 0 radical (unpaired) electrons. The van der Waals surface area contributed by atoms with Gasteiger partial charge in [-0.05, 0) is 91.4 Å². The van der Waals surface area contributed by atoms with Crippen molar-refractivity contribution in [1.29, 1.82) is 0 Å². The zero-order valence-electron chi connectivity index (χ0n) is 20.3. The number of amides is 2. The van der Waals surface area contributed by atoms with Gasteiger partial charge in [-0.2, -0.15) is 0 Å². The van der Waals surface area contributed by atoms with Crippen LogP contribution >= 0.6 is 0 Å². The smallest absolute Gasteiger partial charge is 0.272 e. The minimum atomic E-state index is -0.416. The molecular formula is C29H30N2O4. The van der Waals surface area contributed by atoms with Gasteiger partial charge in [0.2, 0.25) is 6.79 Å². The zero-order valence-corrected chi connectivity index (χ0v) is 20.3. The van der Waals surface area contributed by atoms with Gasteiger partial charge in [0.1, 0.15) is 5.70 Å². The van der Waals surface area contributed by atoms with E-state index >= 15 is 0 Å². The predicted molar refractivity (Wildman–Crippen MR) is 138 cm³/mol. The maximum Gasteiger partial charge on any atom is 0.272 e. The number of fused-ring (bicyclic) bond motifs is 1. The Labute approximate surface area is 206 Å². The topological polar surface area (TPSA) is 76.7 Å². The predicted octanol–water partition coefficient (Wildman–Crippen LogP) is 5.78. The minimum absolute atomic E-state index is 0.127. The van der Waals surface area contributed by atoms with E-state index in [4.69, 9.17) is 9.47 Å². The summed E-state index contributed by atoms with van der Waals surface area (Å²) in [7, 11) is 0. The molecule has 0 saturated carbocycles. The number of aryl methyl sites for hydroxylation is 3. The number of anilines is 1. The lowest BCUT2D eigenvalue weighted by Gasteiger charge is -2.13. The molecule has 6 nitrogen and oxygen atoms in total. The summed E-state index contributed by atoms with van der Waals surface area (Å²) in [4.78, 5) is 26.3. The summed E-state index contributed by atoms with van der Waals surface area (Å²) in [6.07, 6.45) is 4.89. The first-order valence-corrected chi connectivity index (χ1v) is 11.8. The molecule has 2 N–H and O–H groups in total. The highest BCUT2D eigenvalue weighted by molar-refractivity contribution is 6.10. The van der Waals surface area contributed by atoms with E-state index in [9.17, 15) is 9.59 Å². The van der Waals surface area contributed by atoms with Gasteiger partial charge in [-0.1, -0.05) is 37.6 Å². The molecule has 0 spiro atoms. The van der Waals surface area contributed by atoms with Gasteiger partial charge in [-0.3, -0.25) is 9.59 Å². The largest absolute Gasteiger partial charge is 0.454 e. The zero-order chi connectivity index (χ0) is 24.8. The molecule has 3 aromatic carbocycles. The van der Waals surface area contributed by atoms with Gasteiger partial charge in [0.05, 0.1) is 0 Å². The minimum Gasteiger partial charge on any atom is -0.454 e. The second-order valence-electron chi connectivity index (χ2n) is 8.68. The molecular weight excluding hydrogens is 440 g/mol. The van der Waals surface area contributed by atoms with Gasteiger partial charge in [0.25, 0.3) is 11.8 Å². The lowest BCUT2D eigenvalue weighted by molar-refractivity contribution is -0.113. The molecule has 1 aliphatic rings. The van der Waals surface area contributed by atoms with E-state index in [0.29, 0.717) is 28.3 Å². The van der Waals surface area contributed by atoms with Crippen molar-refractivity contribution < 1.29 is 19.1 Å². The van der Waals surface area contributed by atoms with Gasteiger partial charge in [-0.25, -0.2) is 0 Å². The van der Waals surface area contributed by atoms with Gasteiger partial charge in [-0.15, -0.1) is 0 Å². The molecule has 0 atom stereocenters. The number of hydrogen-bond donors (Lipinski definition) is 2. The second kappa shape index (κ2) is 10.9. The Morgan fingerprint density at radius 2 is 1.69 bits per heavy atom. The lowest BCUT2D eigenvalue weighted by atomic mass is 10.1. The maximum absolute atomic E-state index is 13.2. The van der Waals surface area contributed by atoms with Crippen LogP contribution in [0.3, 0.4) is 0 Å². The van der Waals surface area contributed by atoms with E-state index in [1.165, 1.54) is 5.56 Å². The fourth-order valence-electron chi connectivity index (χ4n) is 3.74. The summed E-state index contributed by atoms with van der Waals surface area (Å²) in [6.45, 7) is 6.26. The number of unbranched alkanes of at least 4 members (excludes halogenated alkanes) is 1. The summed E-state index contributed by atoms with van der Waals surface area (Å²) in [6, 6.07) is 18.6. The van der Waals surface area contributed by atoms with Crippen molar-refractivity contribution in [2.45, 2.75) is 40.0 Å². The van der Waals surface area contributed by atoms with E-state index in [1.54, 1.807) is 24.3 Å². The molecule has 2 amide bonds. The second-order valence-corrected chi connectivity index (χ2v) is 8.68. The normalized spacial score (nSPS) is 12.4. The molecule has 3 aromatic rings. The number of benzene rings is 3. The van der Waals surface area contributed by atoms with Crippen LogP contribution in [0.4, 0.5) is 5.69 Å². The molecule has 6 heteroatoms. The van der Waals surface area contributed by atoms with Crippen LogP contribution in [0, 0.1) is 13.8 Å². The summed E-state index contributed by atoms with van der Waals surface area (Å²) in [5.74, 6) is 0.475. The molecule has 35 heavy (non-hydrogen) atoms. The summed E-state index contributed by atoms with van der Waals surface area (Å²) >= 11 is 0. The van der Waals surface area contributed by atoms with E-state index in [1.807, 2.05) is 56.3 Å². The maximum atomic E-state index is 13.2. The molecule has 0 bridgehead atoms. The van der Waals surface area contributed by atoms with Crippen molar-refractivity contribution in [2.75, 3.05) is 12.1 Å². The van der Waals surface area contributed by atoms with Crippen LogP contribution in [-0.4, -0.2) is 18.6 Å². The Balaban J connectivity index is 1.58. The van der Waals surface area contributed by atoms with Gasteiger partial charge < -0.3 is 20.1 Å². The Hall–Kier alpha value is -4.06. The molecule has 0 unspecified atom stereocenters. The third-order valence-corrected chi connectivity index (χ3v) is 6.00. The molecule has 4 rings (SSSR count). The van der Waals surface area contributed by atoms with Crippen LogP contribution in [0.15, 0.2) is 66.4 Å². The molecule has 0 aliphatic carbocycles. The highest BCUT2D eigenvalue weighted by atomic mass is 16.7. The standard InChI is InChI=1S/C29H30N2O4/c1-4-5-6-21-8-12-24(13-9-21)30-29(33)25(16-22-10-14-26-27(17-22)35-18-34-26)31-28(32)23-11-7-19(2)20(3)15-23/h7-17H,4-6,18H2,1-3H3,(H,30,33)(H,31,32)/b25-16-. The first-order chi connectivity index (χ1) is 16.9. The van der Waals surface area contributed by atoms with Crippen molar-refractivity contribution in [3.8, 4) is 11.5 Å². The molecule has 180 valence electrons. The Morgan fingerprint density at radius 1 is 0.914 bits per heavy atom. The first-order valence-electron chi connectivity index (χ1n) is 11.8. The van der Waals surface area contributed by atoms with E-state index in [0.717, 1.165) is 30.4 Å². The average Bonchev–Trinajstić information content (AvgIpc) is 3.32. The number of rotatable bonds is 8. The van der Waals surface area contributed by atoms with E-state index < -0.39 is 5.91 Å². The van der Waals surface area contributed by atoms with E-state index in [2.05, 4.69) is 17.6 Å². The van der Waals surface area contributed by atoms with Crippen LogP contribution in [-0.2, 0) is 11.2 Å². The van der Waals surface area contributed by atoms with Crippen molar-refractivity contribution in [2.24, 2.45) is 0 Å². The number of ether oxygens (including phenoxy) is 2. The van der Waals surface area contributed by atoms with Crippen LogP contribution in [0.2, 0.25) is 0 Å². The molecule has 0 saturated heterocycles. The van der Waals surface area contributed by atoms with Gasteiger partial charge in [0, 0.05) is 11.3 Å². The van der Waals surface area contributed by atoms with Crippen molar-refractivity contribution >= 4 is 23.6 Å². The van der Waals surface area contributed by atoms with E-state index in [-0.39, 0.29) is 18.4 Å². The Bertz CT molecular complexity index is 1260. The molecule has 0 aromatic heterocycles. The van der Waals surface area contributed by atoms with Crippen molar-refractivity contribution in [3.63, 3.8) is 0 Å². The third kappa shape index (κ3) is 6.09. The highest BCUT2D eigenvalue weighted by Gasteiger charge is 2.17. The van der Waals surface area contributed by atoms with Gasteiger partial charge in [0.15, 0.2) is 11.5 Å². The van der Waals surface area contributed by atoms with Crippen LogP contribution in [0.5, 0.6) is 11.5 Å². The molecule has 0 fully saturated rings. The quantitative estimate of drug-likeness (QED) is 0.409. The SMILES string of the molecule is CCCCc1ccc(NC(=O)/C(=C/c2ccc3c(c2)OCO3)NC(=O)c2ccc(C)c(C)c2)cc1. The first kappa shape index (κ1) is 24.1. The van der Waals surface area contributed by atoms with Crippen molar-refractivity contribution in [3.05, 3.63) is 94.2 Å². The Morgan fingerprint density at radius 3 is 2.43 bits per heavy atom. The Kier molecular flexibility index (Phi) is 7.51. The van der Waals surface area contributed by atoms with Crippen molar-refractivity contribution in [1.82, 2.24) is 5.32 Å². The summed E-state index contributed by atoms with van der Waals surface area (Å²) < 4.78 is 10.8. The average molecular weight is 471 g/mol. The van der Waals surface area contributed by atoms with Crippen LogP contribution in [0.25, 0.3) is 6.08 Å². The molecule has 1 heterocycles. The third-order valence-electron chi connectivity index (χ3n) is 6.00. The fraction of sp³-hybridized carbons (Fsp3) is 0.241. The van der Waals surface area contributed by atoms with Gasteiger partial charge >= 0.3 is 0 Å². The highest BCUT2D eigenvalue weighted by Crippen LogP contribution is 2.33. The van der Waals surface area contributed by atoms with Crippen LogP contribution < -0.4 is 20.1 Å². The number of carbonyl (C=O) groups is 2. The lowest BCUT2D eigenvalue weighted by Crippen LogP contribution is -2.30. The number of carbonyl (C=O) groups excluding carboxylic acids is 2. The summed E-state index contributed by atoms with van der Waals surface area (Å²) in [5, 5.41) is 5.69. The number of hydrogen-bond acceptors (Lipinski definition) is 4. The fourth-order valence-corrected chi connectivity index (χ4v) is 3.74. The number of nitrogens with one attached hydrogen (secondary N) is 2. The van der Waals surface area contributed by atoms with Crippen LogP contribution in [0.1, 0.15) is 52.4 Å². The monoisotopic (exact) mass is 470 g/mol. The molecule has 1 aliphatic heterocycles. The summed E-state index contributed by atoms with van der Waals surface area (Å²) in [5.41, 5.74) is 5.30.